The molecule has 0 radical (unpaired) electrons. The molecule has 0 bridgehead atoms. The van der Waals surface area contributed by atoms with Crippen molar-refractivity contribution in [2.75, 3.05) is 20.8 Å². The van der Waals surface area contributed by atoms with Crippen molar-refractivity contribution in [3.63, 3.8) is 0 Å². The highest BCUT2D eigenvalue weighted by Crippen LogP contribution is 2.36. The van der Waals surface area contributed by atoms with Crippen LogP contribution in [-0.2, 0) is 9.59 Å². The number of hydrogen-bond donors (Lipinski definition) is 1. The van der Waals surface area contributed by atoms with Gasteiger partial charge in [-0.05, 0) is 58.1 Å². The molecule has 0 aromatic heterocycles. The van der Waals surface area contributed by atoms with Crippen molar-refractivity contribution in [1.29, 1.82) is 0 Å². The number of imide groups is 1. The first-order valence-electron chi connectivity index (χ1n) is 6.26. The molecular weight excluding hydrogens is 437 g/mol. The average Bonchev–Trinajstić information content (AvgIpc) is 2.73. The molecule has 1 fully saturated rings. The van der Waals surface area contributed by atoms with E-state index in [1.165, 1.54) is 20.3 Å². The van der Waals surface area contributed by atoms with Crippen LogP contribution in [0.25, 0.3) is 6.08 Å². The van der Waals surface area contributed by atoms with Gasteiger partial charge in [0.15, 0.2) is 11.5 Å². The standard InChI is InChI=1S/C14H12INO6S/c1-21-9-4-7(3-8(15)12(9)22-2)5-10-13(19)16(6-11(17)18)14(20)23-10/h3-5H,6H2,1-2H3,(H,17,18)/b10-5+. The largest absolute Gasteiger partial charge is 0.493 e. The number of ether oxygens (including phenoxy) is 2. The molecule has 1 saturated heterocycles. The number of methoxy groups -OCH3 is 2. The molecular formula is C14H12INO6S. The second-order valence-electron chi connectivity index (χ2n) is 4.40. The molecule has 1 heterocycles. The van der Waals surface area contributed by atoms with Gasteiger partial charge in [0.25, 0.3) is 11.1 Å². The number of aliphatic carboxylic acids is 1. The molecule has 0 aliphatic carbocycles. The number of carboxylic acids is 1. The van der Waals surface area contributed by atoms with Crippen LogP contribution in [0.15, 0.2) is 17.0 Å². The van der Waals surface area contributed by atoms with Gasteiger partial charge < -0.3 is 14.6 Å². The van der Waals surface area contributed by atoms with Gasteiger partial charge in [-0.3, -0.25) is 19.3 Å². The van der Waals surface area contributed by atoms with Crippen LogP contribution in [0.1, 0.15) is 5.56 Å². The van der Waals surface area contributed by atoms with E-state index < -0.39 is 23.7 Å². The van der Waals surface area contributed by atoms with Crippen LogP contribution in [-0.4, -0.2) is 47.9 Å². The molecule has 122 valence electrons. The third-order valence-corrected chi connectivity index (χ3v) is 4.63. The lowest BCUT2D eigenvalue weighted by Crippen LogP contribution is -2.33. The van der Waals surface area contributed by atoms with E-state index in [2.05, 4.69) is 22.6 Å². The molecule has 0 atom stereocenters. The number of nitrogens with zero attached hydrogens (tertiary/aromatic N) is 1. The lowest BCUT2D eigenvalue weighted by molar-refractivity contribution is -0.140. The number of thioether (sulfide) groups is 1. The number of amides is 2. The molecule has 0 saturated carbocycles. The molecule has 0 spiro atoms. The Kier molecular flexibility index (Phi) is 5.52. The Balaban J connectivity index is 2.36. The van der Waals surface area contributed by atoms with Gasteiger partial charge in [-0.2, -0.15) is 0 Å². The van der Waals surface area contributed by atoms with E-state index in [-0.39, 0.29) is 4.91 Å². The van der Waals surface area contributed by atoms with E-state index in [4.69, 9.17) is 14.6 Å². The van der Waals surface area contributed by atoms with Gasteiger partial charge in [0.05, 0.1) is 22.7 Å². The second kappa shape index (κ2) is 7.21. The SMILES string of the molecule is COc1cc(/C=C2/SC(=O)N(CC(=O)O)C2=O)cc(I)c1OC. The smallest absolute Gasteiger partial charge is 0.323 e. The summed E-state index contributed by atoms with van der Waals surface area (Å²) in [4.78, 5) is 35.4. The summed E-state index contributed by atoms with van der Waals surface area (Å²) in [5.41, 5.74) is 0.646. The fourth-order valence-electron chi connectivity index (χ4n) is 1.94. The molecule has 7 nitrogen and oxygen atoms in total. The Morgan fingerprint density at radius 2 is 2.04 bits per heavy atom. The topological polar surface area (TPSA) is 93.1 Å². The van der Waals surface area contributed by atoms with Crippen molar-refractivity contribution in [2.24, 2.45) is 0 Å². The highest BCUT2D eigenvalue weighted by atomic mass is 127. The number of rotatable bonds is 5. The molecule has 23 heavy (non-hydrogen) atoms. The lowest BCUT2D eigenvalue weighted by Gasteiger charge is -2.11. The van der Waals surface area contributed by atoms with Crippen molar-refractivity contribution in [3.05, 3.63) is 26.2 Å². The Morgan fingerprint density at radius 3 is 2.61 bits per heavy atom. The lowest BCUT2D eigenvalue weighted by atomic mass is 10.2. The highest BCUT2D eigenvalue weighted by Gasteiger charge is 2.36. The number of carbonyl (C=O) groups is 3. The van der Waals surface area contributed by atoms with E-state index in [9.17, 15) is 14.4 Å². The van der Waals surface area contributed by atoms with E-state index in [1.807, 2.05) is 0 Å². The van der Waals surface area contributed by atoms with Crippen LogP contribution in [0, 0.1) is 3.57 Å². The van der Waals surface area contributed by atoms with Crippen molar-refractivity contribution < 1.29 is 29.0 Å². The fraction of sp³-hybridized carbons (Fsp3) is 0.214. The van der Waals surface area contributed by atoms with Crippen LogP contribution >= 0.6 is 34.4 Å². The summed E-state index contributed by atoms with van der Waals surface area (Å²) >= 11 is 2.78. The van der Waals surface area contributed by atoms with Crippen molar-refractivity contribution >= 4 is 57.5 Å². The molecule has 1 aromatic carbocycles. The molecule has 2 amide bonds. The predicted octanol–water partition coefficient (Wildman–Crippen LogP) is 2.43. The van der Waals surface area contributed by atoms with Gasteiger partial charge in [0, 0.05) is 0 Å². The number of hydrogen-bond acceptors (Lipinski definition) is 6. The summed E-state index contributed by atoms with van der Waals surface area (Å²) in [5.74, 6) is -0.791. The zero-order chi connectivity index (χ0) is 17.1. The van der Waals surface area contributed by atoms with Gasteiger partial charge >= 0.3 is 5.97 Å². The molecule has 2 rings (SSSR count). The van der Waals surface area contributed by atoms with E-state index in [0.29, 0.717) is 33.7 Å². The van der Waals surface area contributed by atoms with Crippen molar-refractivity contribution in [1.82, 2.24) is 4.90 Å². The molecule has 1 aliphatic rings. The monoisotopic (exact) mass is 449 g/mol. The normalized spacial score (nSPS) is 16.1. The maximum atomic E-state index is 12.1. The third-order valence-electron chi connectivity index (χ3n) is 2.92. The Bertz CT molecular complexity index is 717. The number of carbonyl (C=O) groups excluding carboxylic acids is 2. The summed E-state index contributed by atoms with van der Waals surface area (Å²) in [6, 6.07) is 3.44. The Morgan fingerprint density at radius 1 is 1.35 bits per heavy atom. The summed E-state index contributed by atoms with van der Waals surface area (Å²) in [5, 5.41) is 8.14. The van der Waals surface area contributed by atoms with Crippen molar-refractivity contribution in [3.8, 4) is 11.5 Å². The first-order chi connectivity index (χ1) is 10.9. The predicted molar refractivity (Wildman–Crippen MR) is 92.6 cm³/mol. The molecule has 1 aliphatic heterocycles. The maximum absolute atomic E-state index is 12.1. The molecule has 1 N–H and O–H groups in total. The van der Waals surface area contributed by atoms with E-state index in [0.717, 1.165) is 3.57 Å². The zero-order valence-corrected chi connectivity index (χ0v) is 15.1. The number of halogens is 1. The summed E-state index contributed by atoms with van der Waals surface area (Å²) in [6.07, 6.45) is 1.52. The number of benzene rings is 1. The van der Waals surface area contributed by atoms with Gasteiger partial charge in [0.1, 0.15) is 6.54 Å². The minimum Gasteiger partial charge on any atom is -0.493 e. The van der Waals surface area contributed by atoms with E-state index >= 15 is 0 Å². The Labute approximate surface area is 149 Å². The van der Waals surface area contributed by atoms with Gasteiger partial charge in [-0.15, -0.1) is 0 Å². The van der Waals surface area contributed by atoms with Gasteiger partial charge in [-0.25, -0.2) is 0 Å². The molecule has 0 unspecified atom stereocenters. The summed E-state index contributed by atoms with van der Waals surface area (Å²) < 4.78 is 11.3. The molecule has 1 aromatic rings. The summed E-state index contributed by atoms with van der Waals surface area (Å²) in [7, 11) is 3.02. The first-order valence-corrected chi connectivity index (χ1v) is 8.15. The zero-order valence-electron chi connectivity index (χ0n) is 12.2. The van der Waals surface area contributed by atoms with Crippen LogP contribution < -0.4 is 9.47 Å². The van der Waals surface area contributed by atoms with Crippen LogP contribution in [0.4, 0.5) is 4.79 Å². The first kappa shape index (κ1) is 17.6. The van der Waals surface area contributed by atoms with Crippen LogP contribution in [0.5, 0.6) is 11.5 Å². The van der Waals surface area contributed by atoms with Crippen LogP contribution in [0.3, 0.4) is 0 Å². The maximum Gasteiger partial charge on any atom is 0.323 e. The summed E-state index contributed by atoms with van der Waals surface area (Å²) in [6.45, 7) is -0.647. The highest BCUT2D eigenvalue weighted by molar-refractivity contribution is 14.1. The van der Waals surface area contributed by atoms with E-state index in [1.54, 1.807) is 12.1 Å². The van der Waals surface area contributed by atoms with Crippen molar-refractivity contribution in [2.45, 2.75) is 0 Å². The molecule has 9 heteroatoms. The van der Waals surface area contributed by atoms with Gasteiger partial charge in [-0.1, -0.05) is 0 Å². The van der Waals surface area contributed by atoms with Crippen LogP contribution in [0.2, 0.25) is 0 Å². The third kappa shape index (κ3) is 3.78. The number of carboxylic acid groups (broad SMARTS) is 1. The Hall–Kier alpha value is -1.75. The second-order valence-corrected chi connectivity index (χ2v) is 6.56. The fourth-order valence-corrected chi connectivity index (χ4v) is 3.63. The quantitative estimate of drug-likeness (QED) is 0.545. The minimum atomic E-state index is -1.24. The average molecular weight is 449 g/mol. The van der Waals surface area contributed by atoms with Gasteiger partial charge in [0.2, 0.25) is 0 Å². The minimum absolute atomic E-state index is 0.166.